The molecule has 0 aromatic heterocycles. The van der Waals surface area contributed by atoms with E-state index in [0.717, 1.165) is 24.9 Å². The minimum Gasteiger partial charge on any atom is -0.364 e. The highest BCUT2D eigenvalue weighted by molar-refractivity contribution is 5.99. The van der Waals surface area contributed by atoms with Gasteiger partial charge in [0, 0.05) is 17.8 Å². The first-order valence-corrected chi connectivity index (χ1v) is 7.67. The van der Waals surface area contributed by atoms with E-state index in [1.54, 1.807) is 0 Å². The molecule has 0 radical (unpaired) electrons. The van der Waals surface area contributed by atoms with Crippen LogP contribution in [0.1, 0.15) is 34.3 Å². The first kappa shape index (κ1) is 13.9. The maximum absolute atomic E-state index is 12.5. The number of ketones is 1. The van der Waals surface area contributed by atoms with Crippen molar-refractivity contribution in [2.24, 2.45) is 0 Å². The second kappa shape index (κ2) is 6.13. The third-order valence-corrected chi connectivity index (χ3v) is 4.16. The number of para-hydroxylation sites is 1. The summed E-state index contributed by atoms with van der Waals surface area (Å²) in [6.45, 7) is 3.48. The van der Waals surface area contributed by atoms with Crippen molar-refractivity contribution in [3.05, 3.63) is 65.2 Å². The summed E-state index contributed by atoms with van der Waals surface area (Å²) in [6.07, 6.45) is 3.47. The van der Waals surface area contributed by atoms with Gasteiger partial charge >= 0.3 is 0 Å². The molecule has 0 saturated heterocycles. The fourth-order valence-electron chi connectivity index (χ4n) is 2.94. The number of anilines is 1. The second-order valence-electron chi connectivity index (χ2n) is 5.80. The number of aryl methyl sites for hydroxylation is 2. The zero-order valence-corrected chi connectivity index (χ0v) is 12.5. The highest BCUT2D eigenvalue weighted by Gasteiger charge is 2.18. The van der Waals surface area contributed by atoms with Gasteiger partial charge in [0.25, 0.3) is 0 Å². The second-order valence-corrected chi connectivity index (χ2v) is 5.80. The van der Waals surface area contributed by atoms with Gasteiger partial charge in [-0.2, -0.15) is 0 Å². The molecule has 0 atom stereocenters. The Bertz CT molecular complexity index is 630. The van der Waals surface area contributed by atoms with Crippen molar-refractivity contribution in [2.75, 3.05) is 18.0 Å². The number of hydrogen-bond acceptors (Lipinski definition) is 2. The van der Waals surface area contributed by atoms with E-state index in [4.69, 9.17) is 0 Å². The van der Waals surface area contributed by atoms with E-state index >= 15 is 0 Å². The van der Waals surface area contributed by atoms with Crippen molar-refractivity contribution in [1.82, 2.24) is 0 Å². The molecule has 0 spiro atoms. The van der Waals surface area contributed by atoms with Crippen LogP contribution in [-0.2, 0) is 6.42 Å². The Morgan fingerprint density at radius 3 is 2.62 bits per heavy atom. The predicted molar refractivity (Wildman–Crippen MR) is 87.1 cm³/mol. The maximum atomic E-state index is 12.5. The molecule has 2 nitrogen and oxygen atoms in total. The normalized spacial score (nSPS) is 14.4. The molecule has 3 rings (SSSR count). The van der Waals surface area contributed by atoms with Crippen molar-refractivity contribution in [3.63, 3.8) is 0 Å². The fraction of sp³-hybridized carbons (Fsp3) is 0.316. The molecule has 2 aromatic carbocycles. The summed E-state index contributed by atoms with van der Waals surface area (Å²) in [5, 5.41) is 0. The zero-order chi connectivity index (χ0) is 14.7. The number of carbonyl (C=O) groups is 1. The van der Waals surface area contributed by atoms with E-state index in [9.17, 15) is 4.79 Å². The quantitative estimate of drug-likeness (QED) is 0.791. The third-order valence-electron chi connectivity index (χ3n) is 4.16. The molecule has 2 heteroatoms. The predicted octanol–water partition coefficient (Wildman–Crippen LogP) is 4.02. The third kappa shape index (κ3) is 3.15. The Hall–Kier alpha value is -2.09. The van der Waals surface area contributed by atoms with E-state index in [1.807, 2.05) is 31.2 Å². The zero-order valence-electron chi connectivity index (χ0n) is 12.5. The molecule has 0 aliphatic carbocycles. The Morgan fingerprint density at radius 2 is 1.81 bits per heavy atom. The molecular weight excluding hydrogens is 258 g/mol. The molecule has 108 valence electrons. The molecule has 21 heavy (non-hydrogen) atoms. The molecule has 0 fully saturated rings. The minimum atomic E-state index is 0.201. The molecule has 1 heterocycles. The fourth-order valence-corrected chi connectivity index (χ4v) is 2.94. The topological polar surface area (TPSA) is 20.3 Å². The van der Waals surface area contributed by atoms with Gasteiger partial charge in [0.2, 0.25) is 0 Å². The monoisotopic (exact) mass is 279 g/mol. The molecule has 0 amide bonds. The largest absolute Gasteiger partial charge is 0.364 e. The van der Waals surface area contributed by atoms with Gasteiger partial charge in [-0.05, 0) is 37.8 Å². The van der Waals surface area contributed by atoms with Crippen molar-refractivity contribution in [2.45, 2.75) is 26.2 Å². The number of fused-ring (bicyclic) bond motifs is 1. The van der Waals surface area contributed by atoms with E-state index in [2.05, 4.69) is 29.2 Å². The molecule has 2 aromatic rings. The number of rotatable bonds is 3. The minimum absolute atomic E-state index is 0.201. The van der Waals surface area contributed by atoms with Crippen LogP contribution in [0.4, 0.5) is 5.69 Å². The van der Waals surface area contributed by atoms with Gasteiger partial charge in [-0.3, -0.25) is 4.79 Å². The highest BCUT2D eigenvalue weighted by atomic mass is 16.1. The first-order valence-electron chi connectivity index (χ1n) is 7.67. The Kier molecular flexibility index (Phi) is 4.05. The number of nitrogens with zero attached hydrogens (tertiary/aromatic N) is 1. The van der Waals surface area contributed by atoms with Crippen molar-refractivity contribution in [1.29, 1.82) is 0 Å². The number of benzene rings is 2. The SMILES string of the molecule is Cc1ccc(C(=O)CN2CCCCc3ccccc32)cc1. The highest BCUT2D eigenvalue weighted by Crippen LogP contribution is 2.26. The maximum Gasteiger partial charge on any atom is 0.182 e. The standard InChI is InChI=1S/C19H21NO/c1-15-9-11-17(12-10-15)19(21)14-20-13-5-4-7-16-6-2-3-8-18(16)20/h2-3,6,8-12H,4-5,7,13-14H2,1H3. The number of hydrogen-bond donors (Lipinski definition) is 0. The smallest absolute Gasteiger partial charge is 0.182 e. The lowest BCUT2D eigenvalue weighted by atomic mass is 10.1. The van der Waals surface area contributed by atoms with Crippen molar-refractivity contribution >= 4 is 11.5 Å². The summed E-state index contributed by atoms with van der Waals surface area (Å²) in [5.41, 5.74) is 4.59. The van der Waals surface area contributed by atoms with Crippen LogP contribution in [0.15, 0.2) is 48.5 Å². The van der Waals surface area contributed by atoms with E-state index < -0.39 is 0 Å². The van der Waals surface area contributed by atoms with Crippen LogP contribution in [0, 0.1) is 6.92 Å². The lowest BCUT2D eigenvalue weighted by Crippen LogP contribution is -2.30. The van der Waals surface area contributed by atoms with E-state index in [0.29, 0.717) is 6.54 Å². The Labute approximate surface area is 126 Å². The van der Waals surface area contributed by atoms with E-state index in [-0.39, 0.29) is 5.78 Å². The van der Waals surface area contributed by atoms with Gasteiger partial charge in [0.1, 0.15) is 0 Å². The molecule has 0 unspecified atom stereocenters. The number of carbonyl (C=O) groups excluding carboxylic acids is 1. The summed E-state index contributed by atoms with van der Waals surface area (Å²) in [4.78, 5) is 14.7. The average molecular weight is 279 g/mol. The summed E-state index contributed by atoms with van der Waals surface area (Å²) in [6, 6.07) is 16.3. The Morgan fingerprint density at radius 1 is 1.05 bits per heavy atom. The van der Waals surface area contributed by atoms with Crippen LogP contribution in [0.3, 0.4) is 0 Å². The average Bonchev–Trinajstić information content (AvgIpc) is 2.71. The molecule has 0 N–H and O–H groups in total. The van der Waals surface area contributed by atoms with Gasteiger partial charge in [-0.25, -0.2) is 0 Å². The molecule has 0 saturated carbocycles. The lowest BCUT2D eigenvalue weighted by molar-refractivity contribution is 0.0999. The summed E-state index contributed by atoms with van der Waals surface area (Å²) >= 11 is 0. The van der Waals surface area contributed by atoms with Crippen LogP contribution in [0.25, 0.3) is 0 Å². The molecular formula is C19H21NO. The van der Waals surface area contributed by atoms with E-state index in [1.165, 1.54) is 23.2 Å². The van der Waals surface area contributed by atoms with Gasteiger partial charge < -0.3 is 4.90 Å². The van der Waals surface area contributed by atoms with Gasteiger partial charge in [-0.15, -0.1) is 0 Å². The first-order chi connectivity index (χ1) is 10.2. The molecule has 1 aliphatic rings. The van der Waals surface area contributed by atoms with Crippen molar-refractivity contribution < 1.29 is 4.79 Å². The lowest BCUT2D eigenvalue weighted by Gasteiger charge is -2.24. The summed E-state index contributed by atoms with van der Waals surface area (Å²) < 4.78 is 0. The van der Waals surface area contributed by atoms with Crippen LogP contribution in [-0.4, -0.2) is 18.9 Å². The van der Waals surface area contributed by atoms with Crippen LogP contribution in [0.2, 0.25) is 0 Å². The number of Topliss-reactive ketones (excluding diaryl/α,β-unsaturated/α-hetero) is 1. The van der Waals surface area contributed by atoms with Gasteiger partial charge in [0.05, 0.1) is 6.54 Å². The Balaban J connectivity index is 1.81. The summed E-state index contributed by atoms with van der Waals surface area (Å²) in [5.74, 6) is 0.201. The van der Waals surface area contributed by atoms with Crippen LogP contribution >= 0.6 is 0 Å². The van der Waals surface area contributed by atoms with Crippen LogP contribution < -0.4 is 4.90 Å². The molecule has 0 bridgehead atoms. The molecule has 1 aliphatic heterocycles. The van der Waals surface area contributed by atoms with Crippen LogP contribution in [0.5, 0.6) is 0 Å². The van der Waals surface area contributed by atoms with Gasteiger partial charge in [-0.1, -0.05) is 48.0 Å². The van der Waals surface area contributed by atoms with Gasteiger partial charge in [0.15, 0.2) is 5.78 Å². The summed E-state index contributed by atoms with van der Waals surface area (Å²) in [7, 11) is 0. The van der Waals surface area contributed by atoms with Crippen molar-refractivity contribution in [3.8, 4) is 0 Å².